The van der Waals surface area contributed by atoms with Crippen molar-refractivity contribution in [1.82, 2.24) is 5.32 Å². The number of nitrogens with one attached hydrogen (secondary N) is 2. The summed E-state index contributed by atoms with van der Waals surface area (Å²) in [5.41, 5.74) is 3.77. The molecule has 4 heteroatoms. The number of anilines is 1. The summed E-state index contributed by atoms with van der Waals surface area (Å²) in [4.78, 5) is 12.1. The molecular weight excluding hydrogens is 252 g/mol. The summed E-state index contributed by atoms with van der Waals surface area (Å²) in [6.45, 7) is 10.0. The Kier molecular flexibility index (Phi) is 5.57. The van der Waals surface area contributed by atoms with E-state index in [0.717, 1.165) is 23.2 Å². The van der Waals surface area contributed by atoms with E-state index >= 15 is 0 Å². The van der Waals surface area contributed by atoms with Crippen LogP contribution in [0.3, 0.4) is 0 Å². The molecule has 0 radical (unpaired) electrons. The maximum absolute atomic E-state index is 12.1. The lowest BCUT2D eigenvalue weighted by Crippen LogP contribution is -2.48. The van der Waals surface area contributed by atoms with Crippen LogP contribution >= 0.6 is 0 Å². The minimum absolute atomic E-state index is 0.0627. The van der Waals surface area contributed by atoms with Gasteiger partial charge in [-0.25, -0.2) is 4.79 Å². The van der Waals surface area contributed by atoms with E-state index in [-0.39, 0.29) is 18.2 Å². The molecule has 0 aliphatic heterocycles. The SMILES string of the molecule is CCC(C)(CCO)NC(=O)Nc1c(C)cc(C)cc1C. The molecule has 0 saturated carbocycles. The first kappa shape index (κ1) is 16.5. The van der Waals surface area contributed by atoms with Crippen molar-refractivity contribution in [3.63, 3.8) is 0 Å². The number of aryl methyl sites for hydroxylation is 3. The number of hydrogen-bond acceptors (Lipinski definition) is 2. The maximum atomic E-state index is 12.1. The third-order valence-corrected chi connectivity index (χ3v) is 3.77. The summed E-state index contributed by atoms with van der Waals surface area (Å²) in [5.74, 6) is 0. The molecule has 4 nitrogen and oxygen atoms in total. The van der Waals surface area contributed by atoms with Crippen LogP contribution in [0.1, 0.15) is 43.4 Å². The summed E-state index contributed by atoms with van der Waals surface area (Å²) in [5, 5.41) is 15.0. The van der Waals surface area contributed by atoms with Gasteiger partial charge in [0.1, 0.15) is 0 Å². The number of benzene rings is 1. The van der Waals surface area contributed by atoms with E-state index in [1.165, 1.54) is 5.56 Å². The molecule has 0 aromatic heterocycles. The Morgan fingerprint density at radius 1 is 1.25 bits per heavy atom. The molecular formula is C16H26N2O2. The van der Waals surface area contributed by atoms with Gasteiger partial charge in [-0.3, -0.25) is 0 Å². The number of carbonyl (C=O) groups excluding carboxylic acids is 1. The van der Waals surface area contributed by atoms with Crippen molar-refractivity contribution in [3.8, 4) is 0 Å². The van der Waals surface area contributed by atoms with Gasteiger partial charge in [0.15, 0.2) is 0 Å². The van der Waals surface area contributed by atoms with Crippen LogP contribution in [-0.2, 0) is 0 Å². The van der Waals surface area contributed by atoms with Crippen molar-refractivity contribution in [2.24, 2.45) is 0 Å². The van der Waals surface area contributed by atoms with Crippen LogP contribution in [-0.4, -0.2) is 23.3 Å². The van der Waals surface area contributed by atoms with Gasteiger partial charge >= 0.3 is 6.03 Å². The average molecular weight is 278 g/mol. The number of hydrogen-bond donors (Lipinski definition) is 3. The zero-order valence-electron chi connectivity index (χ0n) is 13.1. The summed E-state index contributed by atoms with van der Waals surface area (Å²) in [6.07, 6.45) is 1.32. The standard InChI is InChI=1S/C16H26N2O2/c1-6-16(5,7-8-19)18-15(20)17-14-12(3)9-11(2)10-13(14)4/h9-10,19H,6-8H2,1-5H3,(H2,17,18,20). The van der Waals surface area contributed by atoms with Crippen molar-refractivity contribution < 1.29 is 9.90 Å². The van der Waals surface area contributed by atoms with Crippen molar-refractivity contribution in [3.05, 3.63) is 28.8 Å². The first-order valence-corrected chi connectivity index (χ1v) is 7.09. The predicted octanol–water partition coefficient (Wildman–Crippen LogP) is 3.28. The summed E-state index contributed by atoms with van der Waals surface area (Å²) < 4.78 is 0. The molecule has 1 aromatic carbocycles. The fourth-order valence-corrected chi connectivity index (χ4v) is 2.37. The molecule has 0 aliphatic rings. The summed E-state index contributed by atoms with van der Waals surface area (Å²) >= 11 is 0. The Hall–Kier alpha value is -1.55. The van der Waals surface area contributed by atoms with E-state index in [9.17, 15) is 4.79 Å². The molecule has 1 aromatic rings. The number of aliphatic hydroxyl groups is 1. The quantitative estimate of drug-likeness (QED) is 0.774. The third-order valence-electron chi connectivity index (χ3n) is 3.77. The maximum Gasteiger partial charge on any atom is 0.319 e. The molecule has 20 heavy (non-hydrogen) atoms. The summed E-state index contributed by atoms with van der Waals surface area (Å²) in [6, 6.07) is 3.88. The van der Waals surface area contributed by atoms with Crippen LogP contribution in [0.4, 0.5) is 10.5 Å². The lowest BCUT2D eigenvalue weighted by molar-refractivity contribution is 0.208. The molecule has 0 aliphatic carbocycles. The van der Waals surface area contributed by atoms with E-state index in [1.54, 1.807) is 0 Å². The number of aliphatic hydroxyl groups excluding tert-OH is 1. The Morgan fingerprint density at radius 2 is 1.80 bits per heavy atom. The number of urea groups is 1. The molecule has 2 amide bonds. The van der Waals surface area contributed by atoms with Gasteiger partial charge in [0, 0.05) is 17.8 Å². The lowest BCUT2D eigenvalue weighted by atomic mass is 9.95. The molecule has 0 fully saturated rings. The van der Waals surface area contributed by atoms with Crippen molar-refractivity contribution in [2.75, 3.05) is 11.9 Å². The van der Waals surface area contributed by atoms with Gasteiger partial charge in [0.2, 0.25) is 0 Å². The highest BCUT2D eigenvalue weighted by Gasteiger charge is 2.24. The molecule has 1 rings (SSSR count). The molecule has 0 heterocycles. The molecule has 0 saturated heterocycles. The monoisotopic (exact) mass is 278 g/mol. The third kappa shape index (κ3) is 4.23. The Bertz CT molecular complexity index is 462. The topological polar surface area (TPSA) is 61.4 Å². The van der Waals surface area contributed by atoms with Gasteiger partial charge in [0.25, 0.3) is 0 Å². The predicted molar refractivity (Wildman–Crippen MR) is 83.2 cm³/mol. The molecule has 1 unspecified atom stereocenters. The van der Waals surface area contributed by atoms with Crippen molar-refractivity contribution in [2.45, 2.75) is 53.0 Å². The highest BCUT2D eigenvalue weighted by atomic mass is 16.3. The second-order valence-electron chi connectivity index (χ2n) is 5.74. The van der Waals surface area contributed by atoms with Gasteiger partial charge in [-0.2, -0.15) is 0 Å². The normalized spacial score (nSPS) is 13.7. The number of rotatable bonds is 5. The smallest absolute Gasteiger partial charge is 0.319 e. The van der Waals surface area contributed by atoms with E-state index in [1.807, 2.05) is 34.6 Å². The van der Waals surface area contributed by atoms with E-state index < -0.39 is 0 Å². The van der Waals surface area contributed by atoms with Crippen molar-refractivity contribution in [1.29, 1.82) is 0 Å². The molecule has 1 atom stereocenters. The van der Waals surface area contributed by atoms with E-state index in [2.05, 4.69) is 22.8 Å². The van der Waals surface area contributed by atoms with Gasteiger partial charge in [0.05, 0.1) is 0 Å². The minimum Gasteiger partial charge on any atom is -0.396 e. The van der Waals surface area contributed by atoms with Gasteiger partial charge in [-0.15, -0.1) is 0 Å². The van der Waals surface area contributed by atoms with Gasteiger partial charge in [-0.05, 0) is 51.7 Å². The van der Waals surface area contributed by atoms with Crippen LogP contribution in [0, 0.1) is 20.8 Å². The number of carbonyl (C=O) groups is 1. The fourth-order valence-electron chi connectivity index (χ4n) is 2.37. The van der Waals surface area contributed by atoms with Crippen LogP contribution < -0.4 is 10.6 Å². The Balaban J connectivity index is 2.81. The van der Waals surface area contributed by atoms with Crippen LogP contribution in [0.2, 0.25) is 0 Å². The Morgan fingerprint density at radius 3 is 2.25 bits per heavy atom. The van der Waals surface area contributed by atoms with Crippen LogP contribution in [0.5, 0.6) is 0 Å². The molecule has 112 valence electrons. The highest BCUT2D eigenvalue weighted by Crippen LogP contribution is 2.22. The van der Waals surface area contributed by atoms with E-state index in [4.69, 9.17) is 5.11 Å². The van der Waals surface area contributed by atoms with Crippen LogP contribution in [0.25, 0.3) is 0 Å². The van der Waals surface area contributed by atoms with Gasteiger partial charge < -0.3 is 15.7 Å². The zero-order valence-corrected chi connectivity index (χ0v) is 13.1. The van der Waals surface area contributed by atoms with Gasteiger partial charge in [-0.1, -0.05) is 24.6 Å². The first-order chi connectivity index (χ1) is 9.31. The average Bonchev–Trinajstić information content (AvgIpc) is 2.34. The fraction of sp³-hybridized carbons (Fsp3) is 0.562. The molecule has 0 spiro atoms. The van der Waals surface area contributed by atoms with Crippen molar-refractivity contribution >= 4 is 11.7 Å². The lowest BCUT2D eigenvalue weighted by Gasteiger charge is -2.29. The second kappa shape index (κ2) is 6.75. The van der Waals surface area contributed by atoms with Crippen LogP contribution in [0.15, 0.2) is 12.1 Å². The minimum atomic E-state index is -0.384. The summed E-state index contributed by atoms with van der Waals surface area (Å²) in [7, 11) is 0. The number of amides is 2. The molecule has 3 N–H and O–H groups in total. The highest BCUT2D eigenvalue weighted by molar-refractivity contribution is 5.91. The largest absolute Gasteiger partial charge is 0.396 e. The first-order valence-electron chi connectivity index (χ1n) is 7.09. The zero-order chi connectivity index (χ0) is 15.3. The Labute approximate surface area is 121 Å². The second-order valence-corrected chi connectivity index (χ2v) is 5.74. The molecule has 0 bridgehead atoms. The van der Waals surface area contributed by atoms with E-state index in [0.29, 0.717) is 6.42 Å².